The highest BCUT2D eigenvalue weighted by molar-refractivity contribution is 9.10. The van der Waals surface area contributed by atoms with E-state index in [-0.39, 0.29) is 0 Å². The first-order chi connectivity index (χ1) is 10.6. The molecule has 5 heteroatoms. The topological polar surface area (TPSA) is 29.3 Å². The molecule has 0 radical (unpaired) electrons. The van der Waals surface area contributed by atoms with E-state index in [0.29, 0.717) is 0 Å². The summed E-state index contributed by atoms with van der Waals surface area (Å²) >= 11 is 5.11. The Morgan fingerprint density at radius 1 is 1.18 bits per heavy atom. The van der Waals surface area contributed by atoms with Gasteiger partial charge in [-0.2, -0.15) is 0 Å². The van der Waals surface area contributed by atoms with E-state index < -0.39 is 0 Å². The second-order valence-electron chi connectivity index (χ2n) is 5.30. The lowest BCUT2D eigenvalue weighted by molar-refractivity contribution is 0.313. The van der Waals surface area contributed by atoms with Crippen LogP contribution < -0.4 is 0 Å². The van der Waals surface area contributed by atoms with Crippen LogP contribution in [-0.4, -0.2) is 16.9 Å². The third-order valence-corrected chi connectivity index (χ3v) is 4.80. The van der Waals surface area contributed by atoms with Crippen LogP contribution in [0.15, 0.2) is 50.7 Å². The molecule has 0 saturated carbocycles. The fraction of sp³-hybridized carbons (Fsp3) is 0.235. The predicted octanol–water partition coefficient (Wildman–Crippen LogP) is 5.11. The van der Waals surface area contributed by atoms with Crippen LogP contribution in [0.2, 0.25) is 0 Å². The van der Waals surface area contributed by atoms with Gasteiger partial charge in [0.2, 0.25) is 5.89 Å². The number of aromatic nitrogens is 1. The summed E-state index contributed by atoms with van der Waals surface area (Å²) in [6.07, 6.45) is 0. The Hall–Kier alpha value is -1.43. The van der Waals surface area contributed by atoms with Gasteiger partial charge in [-0.1, -0.05) is 34.1 Å². The first-order valence-corrected chi connectivity index (χ1v) is 8.72. The SMILES string of the molecule is Cc1oc(-c2cccs2)nc1CN(C)Cc1ccc(Br)cc1. The molecule has 0 aliphatic carbocycles. The second-order valence-corrected chi connectivity index (χ2v) is 7.16. The van der Waals surface area contributed by atoms with Gasteiger partial charge in [0.1, 0.15) is 5.76 Å². The van der Waals surface area contributed by atoms with Crippen LogP contribution in [0.25, 0.3) is 10.8 Å². The smallest absolute Gasteiger partial charge is 0.236 e. The second kappa shape index (κ2) is 6.77. The quantitative estimate of drug-likeness (QED) is 0.619. The van der Waals surface area contributed by atoms with Gasteiger partial charge in [0.15, 0.2) is 0 Å². The van der Waals surface area contributed by atoms with Crippen molar-refractivity contribution >= 4 is 27.3 Å². The van der Waals surface area contributed by atoms with E-state index in [4.69, 9.17) is 4.42 Å². The highest BCUT2D eigenvalue weighted by Gasteiger charge is 2.13. The zero-order chi connectivity index (χ0) is 15.5. The molecule has 0 amide bonds. The van der Waals surface area contributed by atoms with E-state index in [1.54, 1.807) is 11.3 Å². The van der Waals surface area contributed by atoms with Crippen LogP contribution in [-0.2, 0) is 13.1 Å². The third-order valence-electron chi connectivity index (χ3n) is 3.41. The summed E-state index contributed by atoms with van der Waals surface area (Å²) in [5, 5.41) is 2.04. The molecule has 114 valence electrons. The zero-order valence-corrected chi connectivity index (χ0v) is 14.9. The van der Waals surface area contributed by atoms with Gasteiger partial charge in [-0.05, 0) is 43.1 Å². The Morgan fingerprint density at radius 2 is 1.95 bits per heavy atom. The van der Waals surface area contributed by atoms with Crippen molar-refractivity contribution in [2.24, 2.45) is 0 Å². The van der Waals surface area contributed by atoms with E-state index in [1.807, 2.05) is 24.4 Å². The van der Waals surface area contributed by atoms with Crippen LogP contribution in [0.5, 0.6) is 0 Å². The molecule has 0 spiro atoms. The van der Waals surface area contributed by atoms with Crippen molar-refractivity contribution in [3.8, 4) is 10.8 Å². The van der Waals surface area contributed by atoms with Gasteiger partial charge in [-0.25, -0.2) is 4.98 Å². The maximum absolute atomic E-state index is 5.79. The van der Waals surface area contributed by atoms with Crippen LogP contribution in [0.3, 0.4) is 0 Å². The summed E-state index contributed by atoms with van der Waals surface area (Å²) in [6.45, 7) is 3.64. The molecule has 2 aromatic heterocycles. The molecular formula is C17H17BrN2OS. The number of rotatable bonds is 5. The van der Waals surface area contributed by atoms with Gasteiger partial charge >= 0.3 is 0 Å². The van der Waals surface area contributed by atoms with Crippen molar-refractivity contribution < 1.29 is 4.42 Å². The summed E-state index contributed by atoms with van der Waals surface area (Å²) in [7, 11) is 2.10. The zero-order valence-electron chi connectivity index (χ0n) is 12.5. The molecule has 3 rings (SSSR count). The first kappa shape index (κ1) is 15.5. The molecule has 0 saturated heterocycles. The summed E-state index contributed by atoms with van der Waals surface area (Å²) in [6, 6.07) is 12.4. The number of hydrogen-bond acceptors (Lipinski definition) is 4. The molecule has 0 N–H and O–H groups in total. The maximum Gasteiger partial charge on any atom is 0.236 e. The lowest BCUT2D eigenvalue weighted by Gasteiger charge is -2.15. The summed E-state index contributed by atoms with van der Waals surface area (Å²) in [4.78, 5) is 7.96. The molecule has 0 aliphatic heterocycles. The minimum Gasteiger partial charge on any atom is -0.440 e. The fourth-order valence-corrected chi connectivity index (χ4v) is 3.21. The lowest BCUT2D eigenvalue weighted by atomic mass is 10.2. The molecule has 2 heterocycles. The Balaban J connectivity index is 1.68. The van der Waals surface area contributed by atoms with Crippen molar-refractivity contribution in [1.29, 1.82) is 0 Å². The molecule has 0 atom stereocenters. The van der Waals surface area contributed by atoms with Crippen LogP contribution in [0, 0.1) is 6.92 Å². The minimum atomic E-state index is 0.722. The van der Waals surface area contributed by atoms with Gasteiger partial charge in [-0.3, -0.25) is 4.90 Å². The summed E-state index contributed by atoms with van der Waals surface area (Å²) in [5.41, 5.74) is 2.29. The molecule has 3 nitrogen and oxygen atoms in total. The molecule has 0 fully saturated rings. The average molecular weight is 377 g/mol. The van der Waals surface area contributed by atoms with E-state index in [2.05, 4.69) is 57.1 Å². The van der Waals surface area contributed by atoms with E-state index in [0.717, 1.165) is 39.8 Å². The highest BCUT2D eigenvalue weighted by atomic mass is 79.9. The number of halogens is 1. The Bertz CT molecular complexity index is 735. The van der Waals surface area contributed by atoms with Crippen LogP contribution in [0.4, 0.5) is 0 Å². The molecule has 22 heavy (non-hydrogen) atoms. The average Bonchev–Trinajstić information content (AvgIpc) is 3.12. The Labute approximate surface area is 142 Å². The number of benzene rings is 1. The van der Waals surface area contributed by atoms with Crippen molar-refractivity contribution in [1.82, 2.24) is 9.88 Å². The van der Waals surface area contributed by atoms with Crippen molar-refractivity contribution in [2.45, 2.75) is 20.0 Å². The van der Waals surface area contributed by atoms with Gasteiger partial charge < -0.3 is 4.42 Å². The minimum absolute atomic E-state index is 0.722. The van der Waals surface area contributed by atoms with Crippen LogP contribution >= 0.6 is 27.3 Å². The lowest BCUT2D eigenvalue weighted by Crippen LogP contribution is -2.17. The molecule has 0 aliphatic rings. The molecular weight excluding hydrogens is 360 g/mol. The number of nitrogens with zero attached hydrogens (tertiary/aromatic N) is 2. The van der Waals surface area contributed by atoms with E-state index in [9.17, 15) is 0 Å². The predicted molar refractivity (Wildman–Crippen MR) is 93.9 cm³/mol. The Kier molecular flexibility index (Phi) is 4.76. The van der Waals surface area contributed by atoms with Gasteiger partial charge in [0, 0.05) is 17.6 Å². The first-order valence-electron chi connectivity index (χ1n) is 7.05. The fourth-order valence-electron chi connectivity index (χ4n) is 2.29. The molecule has 0 bridgehead atoms. The number of aryl methyl sites for hydroxylation is 1. The maximum atomic E-state index is 5.79. The van der Waals surface area contributed by atoms with Crippen molar-refractivity contribution in [2.75, 3.05) is 7.05 Å². The number of oxazole rings is 1. The Morgan fingerprint density at radius 3 is 2.64 bits per heavy atom. The van der Waals surface area contributed by atoms with Crippen molar-refractivity contribution in [3.63, 3.8) is 0 Å². The molecule has 3 aromatic rings. The number of hydrogen-bond donors (Lipinski definition) is 0. The monoisotopic (exact) mass is 376 g/mol. The normalized spacial score (nSPS) is 11.3. The molecule has 1 aromatic carbocycles. The van der Waals surface area contributed by atoms with Crippen LogP contribution in [0.1, 0.15) is 17.0 Å². The summed E-state index contributed by atoms with van der Waals surface area (Å²) in [5.74, 6) is 1.62. The molecule has 0 unspecified atom stereocenters. The van der Waals surface area contributed by atoms with E-state index >= 15 is 0 Å². The third kappa shape index (κ3) is 3.66. The van der Waals surface area contributed by atoms with E-state index in [1.165, 1.54) is 5.56 Å². The van der Waals surface area contributed by atoms with Gasteiger partial charge in [-0.15, -0.1) is 11.3 Å². The van der Waals surface area contributed by atoms with Gasteiger partial charge in [0.05, 0.1) is 10.6 Å². The highest BCUT2D eigenvalue weighted by Crippen LogP contribution is 2.26. The summed E-state index contributed by atoms with van der Waals surface area (Å²) < 4.78 is 6.90. The largest absolute Gasteiger partial charge is 0.440 e. The standard InChI is InChI=1S/C17H17BrN2OS/c1-12-15(19-17(21-12)16-4-3-9-22-16)11-20(2)10-13-5-7-14(18)8-6-13/h3-9H,10-11H2,1-2H3. The van der Waals surface area contributed by atoms with Gasteiger partial charge in [0.25, 0.3) is 0 Å². The van der Waals surface area contributed by atoms with Crippen molar-refractivity contribution in [3.05, 3.63) is 63.3 Å². The number of thiophene rings is 1.